The molecular formula is C17H18FNO3S. The number of carbonyl (C=O) groups is 2. The minimum Gasteiger partial charge on any atom is -0.462 e. The Bertz CT molecular complexity index is 722. The molecule has 1 heterocycles. The number of benzene rings is 1. The van der Waals surface area contributed by atoms with E-state index in [4.69, 9.17) is 4.74 Å². The first-order valence-corrected chi connectivity index (χ1v) is 8.20. The van der Waals surface area contributed by atoms with Crippen molar-refractivity contribution in [2.45, 2.75) is 25.7 Å². The fourth-order valence-corrected chi connectivity index (χ4v) is 3.11. The number of nitrogens with one attached hydrogen (secondary N) is 1. The van der Waals surface area contributed by atoms with E-state index in [1.165, 1.54) is 23.9 Å². The number of rotatable bonds is 6. The number of aryl methyl sites for hydroxylation is 2. The van der Waals surface area contributed by atoms with Crippen LogP contribution in [0.15, 0.2) is 29.2 Å². The second-order valence-electron chi connectivity index (χ2n) is 5.01. The first kappa shape index (κ1) is 17.3. The molecule has 0 amide bonds. The molecule has 0 aliphatic rings. The van der Waals surface area contributed by atoms with Crippen LogP contribution in [0.4, 0.5) is 4.39 Å². The van der Waals surface area contributed by atoms with Gasteiger partial charge in [0.15, 0.2) is 5.78 Å². The SMILES string of the molecule is CCOC(=O)c1c(C)[nH]c(C)c1C(=O)CSc1ccc(F)cc1. The number of aromatic amines is 1. The molecule has 122 valence electrons. The van der Waals surface area contributed by atoms with Gasteiger partial charge in [-0.05, 0) is 45.0 Å². The summed E-state index contributed by atoms with van der Waals surface area (Å²) in [5.41, 5.74) is 1.94. The molecule has 0 unspecified atom stereocenters. The van der Waals surface area contributed by atoms with Crippen molar-refractivity contribution in [3.8, 4) is 0 Å². The number of esters is 1. The molecule has 0 radical (unpaired) electrons. The second kappa shape index (κ2) is 7.46. The summed E-state index contributed by atoms with van der Waals surface area (Å²) in [5, 5.41) is 0. The molecule has 4 nitrogen and oxygen atoms in total. The molecule has 0 bridgehead atoms. The first-order valence-electron chi connectivity index (χ1n) is 7.21. The molecule has 0 saturated heterocycles. The molecule has 1 aromatic carbocycles. The van der Waals surface area contributed by atoms with Gasteiger partial charge in [-0.15, -0.1) is 11.8 Å². The van der Waals surface area contributed by atoms with Crippen LogP contribution in [0.1, 0.15) is 39.0 Å². The molecule has 0 aliphatic carbocycles. The number of ether oxygens (including phenoxy) is 1. The highest BCUT2D eigenvalue weighted by atomic mass is 32.2. The maximum absolute atomic E-state index is 12.9. The third-order valence-corrected chi connectivity index (χ3v) is 4.33. The summed E-state index contributed by atoms with van der Waals surface area (Å²) in [6.45, 7) is 5.47. The lowest BCUT2D eigenvalue weighted by Crippen LogP contribution is -2.13. The zero-order chi connectivity index (χ0) is 17.0. The van der Waals surface area contributed by atoms with Crippen LogP contribution in [-0.4, -0.2) is 29.1 Å². The number of aromatic nitrogens is 1. The van der Waals surface area contributed by atoms with Crippen molar-refractivity contribution in [3.05, 3.63) is 52.6 Å². The van der Waals surface area contributed by atoms with Crippen molar-refractivity contribution in [2.75, 3.05) is 12.4 Å². The predicted molar refractivity (Wildman–Crippen MR) is 87.7 cm³/mol. The van der Waals surface area contributed by atoms with E-state index < -0.39 is 5.97 Å². The molecule has 0 fully saturated rings. The van der Waals surface area contributed by atoms with Crippen molar-refractivity contribution >= 4 is 23.5 Å². The minimum absolute atomic E-state index is 0.163. The Kier molecular flexibility index (Phi) is 5.60. The van der Waals surface area contributed by atoms with E-state index in [0.29, 0.717) is 22.5 Å². The number of hydrogen-bond acceptors (Lipinski definition) is 4. The van der Waals surface area contributed by atoms with Gasteiger partial charge in [-0.2, -0.15) is 0 Å². The highest BCUT2D eigenvalue weighted by molar-refractivity contribution is 8.00. The van der Waals surface area contributed by atoms with Crippen LogP contribution in [0, 0.1) is 19.7 Å². The maximum atomic E-state index is 12.9. The average Bonchev–Trinajstić information content (AvgIpc) is 2.81. The Labute approximate surface area is 138 Å². The van der Waals surface area contributed by atoms with Gasteiger partial charge in [0.2, 0.25) is 0 Å². The normalized spacial score (nSPS) is 10.6. The van der Waals surface area contributed by atoms with Crippen LogP contribution in [0.2, 0.25) is 0 Å². The van der Waals surface area contributed by atoms with E-state index in [1.807, 2.05) is 0 Å². The van der Waals surface area contributed by atoms with E-state index in [1.54, 1.807) is 32.9 Å². The quantitative estimate of drug-likeness (QED) is 0.494. The fraction of sp³-hybridized carbons (Fsp3) is 0.294. The van der Waals surface area contributed by atoms with Gasteiger partial charge in [-0.1, -0.05) is 0 Å². The zero-order valence-corrected chi connectivity index (χ0v) is 14.1. The number of thioether (sulfide) groups is 1. The Morgan fingerprint density at radius 2 is 1.74 bits per heavy atom. The van der Waals surface area contributed by atoms with E-state index >= 15 is 0 Å². The van der Waals surface area contributed by atoms with E-state index in [0.717, 1.165) is 4.90 Å². The monoisotopic (exact) mass is 335 g/mol. The third kappa shape index (κ3) is 4.01. The molecule has 0 atom stereocenters. The standard InChI is InChI=1S/C17H18FNO3S/c1-4-22-17(21)16-11(3)19-10(2)15(16)14(20)9-23-13-7-5-12(18)6-8-13/h5-8,19H,4,9H2,1-3H3. The third-order valence-electron chi connectivity index (χ3n) is 3.32. The summed E-state index contributed by atoms with van der Waals surface area (Å²) >= 11 is 1.30. The van der Waals surface area contributed by atoms with Crippen LogP contribution >= 0.6 is 11.8 Å². The Morgan fingerprint density at radius 3 is 2.35 bits per heavy atom. The molecule has 6 heteroatoms. The summed E-state index contributed by atoms with van der Waals surface area (Å²) < 4.78 is 17.9. The van der Waals surface area contributed by atoms with Gasteiger partial charge in [0.05, 0.1) is 23.5 Å². The van der Waals surface area contributed by atoms with Crippen LogP contribution in [0.3, 0.4) is 0 Å². The van der Waals surface area contributed by atoms with Gasteiger partial charge in [-0.3, -0.25) is 4.79 Å². The molecule has 0 saturated carbocycles. The fourth-order valence-electron chi connectivity index (χ4n) is 2.34. The van der Waals surface area contributed by atoms with Crippen molar-refractivity contribution < 1.29 is 18.7 Å². The average molecular weight is 335 g/mol. The number of ketones is 1. The number of Topliss-reactive ketones (excluding diaryl/α,β-unsaturated/α-hetero) is 1. The van der Waals surface area contributed by atoms with Crippen molar-refractivity contribution in [1.82, 2.24) is 4.98 Å². The molecule has 0 aliphatic heterocycles. The summed E-state index contributed by atoms with van der Waals surface area (Å²) in [6, 6.07) is 5.94. The Morgan fingerprint density at radius 1 is 1.13 bits per heavy atom. The summed E-state index contributed by atoms with van der Waals surface area (Å²) in [7, 11) is 0. The van der Waals surface area contributed by atoms with Gasteiger partial charge in [0.25, 0.3) is 0 Å². The molecular weight excluding hydrogens is 317 g/mol. The largest absolute Gasteiger partial charge is 0.462 e. The summed E-state index contributed by atoms with van der Waals surface area (Å²) in [4.78, 5) is 28.4. The van der Waals surface area contributed by atoms with Crippen LogP contribution in [0.25, 0.3) is 0 Å². The van der Waals surface area contributed by atoms with Crippen molar-refractivity contribution in [2.24, 2.45) is 0 Å². The van der Waals surface area contributed by atoms with Gasteiger partial charge in [0.1, 0.15) is 5.82 Å². The van der Waals surface area contributed by atoms with Gasteiger partial charge >= 0.3 is 5.97 Å². The molecule has 2 aromatic rings. The van der Waals surface area contributed by atoms with E-state index in [2.05, 4.69) is 4.98 Å². The van der Waals surface area contributed by atoms with Crippen molar-refractivity contribution in [3.63, 3.8) is 0 Å². The van der Waals surface area contributed by atoms with Gasteiger partial charge in [0, 0.05) is 16.3 Å². The topological polar surface area (TPSA) is 59.2 Å². The number of H-pyrrole nitrogens is 1. The number of halogens is 1. The molecule has 0 spiro atoms. The maximum Gasteiger partial charge on any atom is 0.340 e. The van der Waals surface area contributed by atoms with Crippen LogP contribution in [0.5, 0.6) is 0 Å². The van der Waals surface area contributed by atoms with Crippen LogP contribution < -0.4 is 0 Å². The molecule has 1 aromatic heterocycles. The molecule has 23 heavy (non-hydrogen) atoms. The predicted octanol–water partition coefficient (Wildman–Crippen LogP) is 3.92. The Hall–Kier alpha value is -2.08. The van der Waals surface area contributed by atoms with E-state index in [9.17, 15) is 14.0 Å². The number of carbonyl (C=O) groups excluding carboxylic acids is 2. The molecule has 2 rings (SSSR count). The second-order valence-corrected chi connectivity index (χ2v) is 6.06. The lowest BCUT2D eigenvalue weighted by Gasteiger charge is -2.06. The lowest BCUT2D eigenvalue weighted by atomic mass is 10.1. The highest BCUT2D eigenvalue weighted by Crippen LogP contribution is 2.24. The van der Waals surface area contributed by atoms with Crippen LogP contribution in [-0.2, 0) is 4.74 Å². The van der Waals surface area contributed by atoms with Crippen molar-refractivity contribution in [1.29, 1.82) is 0 Å². The zero-order valence-electron chi connectivity index (χ0n) is 13.2. The smallest absolute Gasteiger partial charge is 0.340 e. The lowest BCUT2D eigenvalue weighted by molar-refractivity contribution is 0.0522. The molecule has 1 N–H and O–H groups in total. The van der Waals surface area contributed by atoms with Gasteiger partial charge < -0.3 is 9.72 Å². The number of hydrogen-bond donors (Lipinski definition) is 1. The minimum atomic E-state index is -0.496. The summed E-state index contributed by atoms with van der Waals surface area (Å²) in [5.74, 6) is -0.813. The first-order chi connectivity index (χ1) is 10.9. The van der Waals surface area contributed by atoms with E-state index in [-0.39, 0.29) is 24.0 Å². The van der Waals surface area contributed by atoms with Gasteiger partial charge in [-0.25, -0.2) is 9.18 Å². The highest BCUT2D eigenvalue weighted by Gasteiger charge is 2.25. The summed E-state index contributed by atoms with van der Waals surface area (Å²) in [6.07, 6.45) is 0. The Balaban J connectivity index is 2.18.